The number of aliphatic hydroxyl groups excluding tert-OH is 1. The van der Waals surface area contributed by atoms with E-state index in [-0.39, 0.29) is 17.6 Å². The van der Waals surface area contributed by atoms with E-state index in [1.54, 1.807) is 0 Å². The Balaban J connectivity index is 1.56. The number of piperidine rings is 1. The highest BCUT2D eigenvalue weighted by atomic mass is 16.5. The van der Waals surface area contributed by atoms with Crippen LogP contribution < -0.4 is 0 Å². The van der Waals surface area contributed by atoms with Crippen molar-refractivity contribution >= 4 is 0 Å². The Kier molecular flexibility index (Phi) is 3.89. The first-order valence-electron chi connectivity index (χ1n) is 7.71. The number of aryl methyl sites for hydroxylation is 1. The number of hydrogen-bond acceptors (Lipinski definition) is 4. The molecule has 1 spiro atoms. The number of rotatable bonds is 4. The molecule has 3 rings (SSSR count). The van der Waals surface area contributed by atoms with Gasteiger partial charge in [0.1, 0.15) is 11.5 Å². The maximum atomic E-state index is 10.2. The zero-order chi connectivity index (χ0) is 14.2. The molecule has 2 atom stereocenters. The molecule has 2 aliphatic rings. The maximum absolute atomic E-state index is 10.2. The van der Waals surface area contributed by atoms with E-state index in [4.69, 9.17) is 9.15 Å². The standard InChI is InChI=1S/C16H25NO3/c1-3-19-15-10-14(18)16(15)6-8-17(9-7-16)11-13-5-4-12(2)20-13/h4-5,14-15,18H,3,6-11H2,1-2H3/t14-,15-/m1/s1. The molecule has 20 heavy (non-hydrogen) atoms. The number of hydrogen-bond donors (Lipinski definition) is 1. The Bertz CT molecular complexity index is 446. The zero-order valence-electron chi connectivity index (χ0n) is 12.5. The molecular weight excluding hydrogens is 254 g/mol. The third kappa shape index (κ3) is 2.41. The third-order valence-electron chi connectivity index (χ3n) is 5.07. The second-order valence-corrected chi connectivity index (χ2v) is 6.22. The van der Waals surface area contributed by atoms with Crippen molar-refractivity contribution in [1.29, 1.82) is 0 Å². The molecule has 2 fully saturated rings. The van der Waals surface area contributed by atoms with Gasteiger partial charge in [-0.25, -0.2) is 0 Å². The lowest BCUT2D eigenvalue weighted by molar-refractivity contribution is -0.210. The van der Waals surface area contributed by atoms with Crippen LogP contribution in [0.5, 0.6) is 0 Å². The van der Waals surface area contributed by atoms with Crippen LogP contribution in [0.4, 0.5) is 0 Å². The van der Waals surface area contributed by atoms with Gasteiger partial charge in [-0.15, -0.1) is 0 Å². The molecule has 2 heterocycles. The summed E-state index contributed by atoms with van der Waals surface area (Å²) >= 11 is 0. The Morgan fingerprint density at radius 2 is 2.15 bits per heavy atom. The van der Waals surface area contributed by atoms with Gasteiger partial charge in [0, 0.05) is 18.4 Å². The van der Waals surface area contributed by atoms with E-state index in [0.717, 1.165) is 57.0 Å². The summed E-state index contributed by atoms with van der Waals surface area (Å²) in [5.41, 5.74) is 0.0194. The van der Waals surface area contributed by atoms with E-state index in [1.807, 2.05) is 19.9 Å². The van der Waals surface area contributed by atoms with Crippen LogP contribution in [-0.2, 0) is 11.3 Å². The van der Waals surface area contributed by atoms with Crippen LogP contribution in [0.3, 0.4) is 0 Å². The smallest absolute Gasteiger partial charge is 0.118 e. The lowest BCUT2D eigenvalue weighted by Crippen LogP contribution is -2.62. The Labute approximate surface area is 120 Å². The molecule has 112 valence electrons. The van der Waals surface area contributed by atoms with Crippen LogP contribution in [0.2, 0.25) is 0 Å². The monoisotopic (exact) mass is 279 g/mol. The molecule has 0 unspecified atom stereocenters. The van der Waals surface area contributed by atoms with Gasteiger partial charge in [0.2, 0.25) is 0 Å². The summed E-state index contributed by atoms with van der Waals surface area (Å²) in [7, 11) is 0. The van der Waals surface area contributed by atoms with Gasteiger partial charge in [-0.05, 0) is 51.9 Å². The van der Waals surface area contributed by atoms with Crippen LogP contribution in [0, 0.1) is 12.3 Å². The Morgan fingerprint density at radius 1 is 1.40 bits per heavy atom. The van der Waals surface area contributed by atoms with E-state index in [0.29, 0.717) is 0 Å². The van der Waals surface area contributed by atoms with Crippen LogP contribution in [0.1, 0.15) is 37.7 Å². The second kappa shape index (κ2) is 5.51. The molecule has 1 aliphatic carbocycles. The highest BCUT2D eigenvalue weighted by molar-refractivity contribution is 5.08. The average Bonchev–Trinajstić information content (AvgIpc) is 2.85. The van der Waals surface area contributed by atoms with Gasteiger partial charge in [-0.1, -0.05) is 0 Å². The molecule has 4 heteroatoms. The number of ether oxygens (including phenoxy) is 1. The number of aliphatic hydroxyl groups is 1. The van der Waals surface area contributed by atoms with Gasteiger partial charge in [-0.2, -0.15) is 0 Å². The van der Waals surface area contributed by atoms with Crippen molar-refractivity contribution in [3.05, 3.63) is 23.7 Å². The molecule has 4 nitrogen and oxygen atoms in total. The summed E-state index contributed by atoms with van der Waals surface area (Å²) in [6.45, 7) is 7.66. The van der Waals surface area contributed by atoms with Crippen molar-refractivity contribution in [3.63, 3.8) is 0 Å². The second-order valence-electron chi connectivity index (χ2n) is 6.22. The van der Waals surface area contributed by atoms with Crippen LogP contribution >= 0.6 is 0 Å². The van der Waals surface area contributed by atoms with E-state index in [2.05, 4.69) is 11.0 Å². The molecule has 0 bridgehead atoms. The molecule has 0 aromatic carbocycles. The van der Waals surface area contributed by atoms with E-state index >= 15 is 0 Å². The average molecular weight is 279 g/mol. The van der Waals surface area contributed by atoms with Gasteiger partial charge in [0.25, 0.3) is 0 Å². The molecule has 1 saturated heterocycles. The number of nitrogens with zero attached hydrogens (tertiary/aromatic N) is 1. The van der Waals surface area contributed by atoms with Crippen molar-refractivity contribution in [3.8, 4) is 0 Å². The fraction of sp³-hybridized carbons (Fsp3) is 0.750. The minimum atomic E-state index is -0.174. The summed E-state index contributed by atoms with van der Waals surface area (Å²) in [5.74, 6) is 2.01. The highest BCUT2D eigenvalue weighted by Gasteiger charge is 2.55. The van der Waals surface area contributed by atoms with Gasteiger partial charge < -0.3 is 14.3 Å². The normalized spacial score (nSPS) is 29.6. The van der Waals surface area contributed by atoms with Crippen molar-refractivity contribution in [1.82, 2.24) is 4.90 Å². The number of furan rings is 1. The third-order valence-corrected chi connectivity index (χ3v) is 5.07. The zero-order valence-corrected chi connectivity index (χ0v) is 12.5. The largest absolute Gasteiger partial charge is 0.465 e. The van der Waals surface area contributed by atoms with Crippen molar-refractivity contribution < 1.29 is 14.3 Å². The molecule has 1 N–H and O–H groups in total. The van der Waals surface area contributed by atoms with Crippen LogP contribution in [-0.4, -0.2) is 41.9 Å². The lowest BCUT2D eigenvalue weighted by atomic mass is 9.58. The van der Waals surface area contributed by atoms with E-state index in [9.17, 15) is 5.11 Å². The van der Waals surface area contributed by atoms with E-state index < -0.39 is 0 Å². The van der Waals surface area contributed by atoms with Gasteiger partial charge >= 0.3 is 0 Å². The Morgan fingerprint density at radius 3 is 2.70 bits per heavy atom. The quantitative estimate of drug-likeness (QED) is 0.919. The summed E-state index contributed by atoms with van der Waals surface area (Å²) in [6.07, 6.45) is 2.95. The van der Waals surface area contributed by atoms with Gasteiger partial charge in [-0.3, -0.25) is 4.90 Å². The van der Waals surface area contributed by atoms with Crippen molar-refractivity contribution in [2.24, 2.45) is 5.41 Å². The lowest BCUT2D eigenvalue weighted by Gasteiger charge is -2.56. The SMILES string of the molecule is CCO[C@@H]1C[C@@H](O)C12CCN(Cc1ccc(C)o1)CC2. The summed E-state index contributed by atoms with van der Waals surface area (Å²) in [4.78, 5) is 2.41. The number of likely N-dealkylation sites (tertiary alicyclic amines) is 1. The predicted molar refractivity (Wildman–Crippen MR) is 76.4 cm³/mol. The van der Waals surface area contributed by atoms with Crippen LogP contribution in [0.25, 0.3) is 0 Å². The van der Waals surface area contributed by atoms with Crippen LogP contribution in [0.15, 0.2) is 16.5 Å². The molecule has 1 aromatic rings. The topological polar surface area (TPSA) is 45.8 Å². The molecule has 0 radical (unpaired) electrons. The predicted octanol–water partition coefficient (Wildman–Crippen LogP) is 2.34. The molecular formula is C16H25NO3. The van der Waals surface area contributed by atoms with Crippen molar-refractivity contribution in [2.45, 2.75) is 51.9 Å². The molecule has 1 aliphatic heterocycles. The fourth-order valence-electron chi connectivity index (χ4n) is 3.73. The first-order chi connectivity index (χ1) is 9.64. The van der Waals surface area contributed by atoms with Gasteiger partial charge in [0.05, 0.1) is 18.8 Å². The summed E-state index contributed by atoms with van der Waals surface area (Å²) in [5, 5.41) is 10.2. The first-order valence-corrected chi connectivity index (χ1v) is 7.71. The Hall–Kier alpha value is -0.840. The minimum absolute atomic E-state index is 0.0194. The fourth-order valence-corrected chi connectivity index (χ4v) is 3.73. The summed E-state index contributed by atoms with van der Waals surface area (Å²) < 4.78 is 11.4. The van der Waals surface area contributed by atoms with Crippen molar-refractivity contribution in [2.75, 3.05) is 19.7 Å². The summed E-state index contributed by atoms with van der Waals surface area (Å²) in [6, 6.07) is 4.07. The molecule has 1 aromatic heterocycles. The molecule has 0 amide bonds. The first kappa shape index (κ1) is 14.1. The minimum Gasteiger partial charge on any atom is -0.465 e. The van der Waals surface area contributed by atoms with E-state index in [1.165, 1.54) is 0 Å². The van der Waals surface area contributed by atoms with Gasteiger partial charge in [0.15, 0.2) is 0 Å². The highest BCUT2D eigenvalue weighted by Crippen LogP contribution is 2.51. The maximum Gasteiger partial charge on any atom is 0.118 e. The molecule has 1 saturated carbocycles.